The first kappa shape index (κ1) is 40.8. The molecule has 1 aromatic heterocycles. The Morgan fingerprint density at radius 3 is 2.04 bits per heavy atom. The van der Waals surface area contributed by atoms with Crippen LogP contribution in [0.4, 0.5) is 0 Å². The first-order valence-corrected chi connectivity index (χ1v) is 16.0. The van der Waals surface area contributed by atoms with Gasteiger partial charge in [-0.25, -0.2) is 9.78 Å². The lowest BCUT2D eigenvalue weighted by Crippen LogP contribution is -2.62. The van der Waals surface area contributed by atoms with Gasteiger partial charge in [-0.05, 0) is 52.1 Å². The van der Waals surface area contributed by atoms with Crippen molar-refractivity contribution in [2.45, 2.75) is 95.0 Å². The van der Waals surface area contributed by atoms with Gasteiger partial charge in [0.05, 0.1) is 18.8 Å². The van der Waals surface area contributed by atoms with Crippen molar-refractivity contribution < 1.29 is 43.8 Å². The highest BCUT2D eigenvalue weighted by Crippen LogP contribution is 2.09. The van der Waals surface area contributed by atoms with Gasteiger partial charge in [-0.2, -0.15) is 0 Å². The molecule has 0 unspecified atom stereocenters. The molecule has 0 bridgehead atoms. The number of hydrogen-bond acceptors (Lipinski definition) is 10. The van der Waals surface area contributed by atoms with Crippen LogP contribution in [0, 0.1) is 0 Å². The number of carboxylic acids is 2. The summed E-state index contributed by atoms with van der Waals surface area (Å²) in [5.41, 5.74) is 10.6. The van der Waals surface area contributed by atoms with E-state index in [9.17, 15) is 38.7 Å². The number of nitrogens with zero attached hydrogens (tertiary/aromatic N) is 1. The summed E-state index contributed by atoms with van der Waals surface area (Å²) in [6.07, 6.45) is 3.18. The minimum atomic E-state index is -1.65. The van der Waals surface area contributed by atoms with Crippen LogP contribution in [-0.4, -0.2) is 104 Å². The molecule has 0 saturated heterocycles. The van der Waals surface area contributed by atoms with Gasteiger partial charge < -0.3 is 53.2 Å². The number of aromatic amines is 1. The molecule has 1 aromatic carbocycles. The zero-order valence-electron chi connectivity index (χ0n) is 28.2. The summed E-state index contributed by atoms with van der Waals surface area (Å²) in [7, 11) is 0. The number of imidazole rings is 1. The smallest absolute Gasteiger partial charge is 0.326 e. The number of hydrogen-bond donors (Lipinski definition) is 10. The highest BCUT2D eigenvalue weighted by atomic mass is 16.4. The fourth-order valence-electron chi connectivity index (χ4n) is 4.66. The molecule has 0 spiro atoms. The Labute approximate surface area is 288 Å². The molecule has 18 heteroatoms. The monoisotopic (exact) mass is 701 g/mol. The van der Waals surface area contributed by atoms with Crippen molar-refractivity contribution in [3.63, 3.8) is 0 Å². The van der Waals surface area contributed by atoms with Crippen molar-refractivity contribution in [2.75, 3.05) is 6.54 Å². The van der Waals surface area contributed by atoms with Crippen molar-refractivity contribution >= 4 is 41.5 Å². The van der Waals surface area contributed by atoms with Gasteiger partial charge in [-0.15, -0.1) is 0 Å². The lowest BCUT2D eigenvalue weighted by atomic mass is 10.0. The average molecular weight is 702 g/mol. The van der Waals surface area contributed by atoms with E-state index in [0.29, 0.717) is 30.6 Å². The van der Waals surface area contributed by atoms with E-state index < -0.39 is 83.6 Å². The Hall–Kier alpha value is -5.36. The summed E-state index contributed by atoms with van der Waals surface area (Å²) in [5, 5.41) is 31.1. The van der Waals surface area contributed by atoms with Crippen LogP contribution in [-0.2, 0) is 46.4 Å². The summed E-state index contributed by atoms with van der Waals surface area (Å²) in [6.45, 7) is 4.44. The molecule has 2 rings (SSSR count). The van der Waals surface area contributed by atoms with Crippen LogP contribution in [0.25, 0.3) is 0 Å². The van der Waals surface area contributed by atoms with Crippen LogP contribution < -0.4 is 38.1 Å². The van der Waals surface area contributed by atoms with Crippen LogP contribution in [0.2, 0.25) is 0 Å². The van der Waals surface area contributed by atoms with Crippen molar-refractivity contribution in [3.8, 4) is 0 Å². The predicted octanol–water partition coefficient (Wildman–Crippen LogP) is -1.94. The lowest BCUT2D eigenvalue weighted by molar-refractivity contribution is -0.142. The molecular weight excluding hydrogens is 654 g/mol. The largest absolute Gasteiger partial charge is 0.481 e. The lowest BCUT2D eigenvalue weighted by Gasteiger charge is -2.30. The Kier molecular flexibility index (Phi) is 16.0. The molecule has 0 aliphatic heterocycles. The molecule has 18 nitrogen and oxygen atoms in total. The Bertz CT molecular complexity index is 1470. The number of unbranched alkanes of at least 4 members (excludes halogenated alkanes) is 1. The molecular formula is C32H47N9O9. The third-order valence-electron chi connectivity index (χ3n) is 7.56. The van der Waals surface area contributed by atoms with Crippen molar-refractivity contribution in [1.82, 2.24) is 36.6 Å². The SMILES string of the molecule is C[C@H](NC(=O)C(C)(C)NC(=O)[C@H](Cc1cnc[nH]1)NC(=O)[C@@H](N)CC(=O)O)C(=O)N[C@@H](Cc1ccccc1)C(=O)N[C@@H](CCCCN)C(=O)O. The molecule has 274 valence electrons. The number of rotatable bonds is 21. The average Bonchev–Trinajstić information content (AvgIpc) is 3.56. The zero-order chi connectivity index (χ0) is 37.4. The standard InChI is InChI=1S/C32H47N9O9/c1-18(26(44)39-23(13-19-9-5-4-6-10-19)28(46)38-22(30(48)49)11-7-8-12-33)37-31(50)32(2,3)41-29(47)24(14-20-16-35-17-36-20)40-27(45)21(34)15-25(42)43/h4-6,9-10,16-18,21-24H,7-8,11-15,33-34H2,1-3H3,(H,35,36)(H,37,50)(H,38,46)(H,39,44)(H,40,45)(H,41,47)(H,42,43)(H,48,49)/t18-,21-,22-,23-,24-/m0/s1. The molecule has 0 fully saturated rings. The normalized spacial score (nSPS) is 14.2. The van der Waals surface area contributed by atoms with E-state index >= 15 is 0 Å². The maximum atomic E-state index is 13.3. The van der Waals surface area contributed by atoms with Crippen LogP contribution in [0.3, 0.4) is 0 Å². The molecule has 1 heterocycles. The molecule has 0 saturated carbocycles. The van der Waals surface area contributed by atoms with Gasteiger partial charge in [0.2, 0.25) is 29.5 Å². The molecule has 0 aliphatic rings. The number of H-pyrrole nitrogens is 1. The zero-order valence-corrected chi connectivity index (χ0v) is 28.2. The minimum absolute atomic E-state index is 0.0231. The molecule has 50 heavy (non-hydrogen) atoms. The molecule has 2 aromatic rings. The summed E-state index contributed by atoms with van der Waals surface area (Å²) in [5.74, 6) is -6.55. The summed E-state index contributed by atoms with van der Waals surface area (Å²) in [6, 6.07) is 2.36. The number of carbonyl (C=O) groups is 7. The molecule has 0 aliphatic carbocycles. The molecule has 0 radical (unpaired) electrons. The van der Waals surface area contributed by atoms with Crippen LogP contribution in [0.15, 0.2) is 42.9 Å². The van der Waals surface area contributed by atoms with Gasteiger partial charge >= 0.3 is 11.9 Å². The summed E-state index contributed by atoms with van der Waals surface area (Å²) in [4.78, 5) is 95.2. The minimum Gasteiger partial charge on any atom is -0.481 e. The van der Waals surface area contributed by atoms with Gasteiger partial charge in [-0.1, -0.05) is 30.3 Å². The first-order chi connectivity index (χ1) is 23.5. The second-order valence-electron chi connectivity index (χ2n) is 12.3. The van der Waals surface area contributed by atoms with Gasteiger partial charge in [-0.3, -0.25) is 28.8 Å². The Morgan fingerprint density at radius 2 is 1.46 bits per heavy atom. The second-order valence-corrected chi connectivity index (χ2v) is 12.3. The fourth-order valence-corrected chi connectivity index (χ4v) is 4.66. The predicted molar refractivity (Wildman–Crippen MR) is 179 cm³/mol. The third kappa shape index (κ3) is 13.6. The summed E-state index contributed by atoms with van der Waals surface area (Å²) < 4.78 is 0. The van der Waals surface area contributed by atoms with Crippen LogP contribution in [0.5, 0.6) is 0 Å². The number of aliphatic carboxylic acids is 2. The summed E-state index contributed by atoms with van der Waals surface area (Å²) >= 11 is 0. The van der Waals surface area contributed by atoms with Crippen molar-refractivity contribution in [2.24, 2.45) is 11.5 Å². The van der Waals surface area contributed by atoms with E-state index in [1.54, 1.807) is 30.3 Å². The van der Waals surface area contributed by atoms with Gasteiger partial charge in [0.25, 0.3) is 0 Å². The molecule has 12 N–H and O–H groups in total. The van der Waals surface area contributed by atoms with Gasteiger partial charge in [0, 0.05) is 24.7 Å². The topological polar surface area (TPSA) is 301 Å². The number of nitrogens with two attached hydrogens (primary N) is 2. The Morgan fingerprint density at radius 1 is 0.840 bits per heavy atom. The van der Waals surface area contributed by atoms with Crippen LogP contribution >= 0.6 is 0 Å². The number of benzene rings is 1. The quantitative estimate of drug-likeness (QED) is 0.0636. The number of nitrogens with one attached hydrogen (secondary N) is 6. The number of carboxylic acid groups (broad SMARTS) is 2. The van der Waals surface area contributed by atoms with Crippen molar-refractivity contribution in [1.29, 1.82) is 0 Å². The van der Waals surface area contributed by atoms with E-state index in [-0.39, 0.29) is 19.3 Å². The maximum absolute atomic E-state index is 13.3. The van der Waals surface area contributed by atoms with E-state index in [2.05, 4.69) is 36.6 Å². The number of carbonyl (C=O) groups excluding carboxylic acids is 5. The van der Waals surface area contributed by atoms with E-state index in [1.165, 1.54) is 33.3 Å². The third-order valence-corrected chi connectivity index (χ3v) is 7.56. The maximum Gasteiger partial charge on any atom is 0.326 e. The number of aromatic nitrogens is 2. The molecule has 5 atom stereocenters. The van der Waals surface area contributed by atoms with Crippen molar-refractivity contribution in [3.05, 3.63) is 54.1 Å². The van der Waals surface area contributed by atoms with Gasteiger partial charge in [0.1, 0.15) is 29.7 Å². The first-order valence-electron chi connectivity index (χ1n) is 16.0. The van der Waals surface area contributed by atoms with E-state index in [4.69, 9.17) is 16.6 Å². The highest BCUT2D eigenvalue weighted by molar-refractivity contribution is 5.98. The molecule has 5 amide bonds. The fraction of sp³-hybridized carbons (Fsp3) is 0.500. The highest BCUT2D eigenvalue weighted by Gasteiger charge is 2.36. The van der Waals surface area contributed by atoms with E-state index in [0.717, 1.165) is 0 Å². The van der Waals surface area contributed by atoms with Crippen LogP contribution in [0.1, 0.15) is 57.7 Å². The second kappa shape index (κ2) is 19.6. The van der Waals surface area contributed by atoms with E-state index in [1.807, 2.05) is 0 Å². The van der Waals surface area contributed by atoms with Gasteiger partial charge in [0.15, 0.2) is 0 Å². The Balaban J connectivity index is 2.14. The number of amides is 5.